The van der Waals surface area contributed by atoms with E-state index in [1.54, 1.807) is 20.2 Å². The average molecular weight is 447 g/mol. The number of halogens is 2. The van der Waals surface area contributed by atoms with Crippen molar-refractivity contribution in [1.29, 1.82) is 0 Å². The Bertz CT molecular complexity index is 941. The Hall–Kier alpha value is -1.75. The molecule has 160 valence electrons. The molecule has 2 unspecified atom stereocenters. The molecule has 2 aromatic rings. The van der Waals surface area contributed by atoms with Crippen LogP contribution in [0.2, 0.25) is 10.0 Å². The van der Waals surface area contributed by atoms with Gasteiger partial charge in [-0.2, -0.15) is 0 Å². The van der Waals surface area contributed by atoms with Gasteiger partial charge in [-0.25, -0.2) is 0 Å². The quantitative estimate of drug-likeness (QED) is 0.714. The molecule has 30 heavy (non-hydrogen) atoms. The molecular weight excluding hydrogens is 419 g/mol. The van der Waals surface area contributed by atoms with E-state index in [4.69, 9.17) is 27.9 Å². The van der Waals surface area contributed by atoms with Crippen LogP contribution in [-0.4, -0.2) is 44.1 Å². The number of rotatable bonds is 5. The second kappa shape index (κ2) is 9.17. The fourth-order valence-electron chi connectivity index (χ4n) is 5.17. The lowest BCUT2D eigenvalue weighted by atomic mass is 9.73. The van der Waals surface area contributed by atoms with E-state index in [1.165, 1.54) is 24.0 Å². The van der Waals surface area contributed by atoms with Gasteiger partial charge in [-0.3, -0.25) is 9.69 Å². The minimum Gasteiger partial charge on any atom is -0.496 e. The van der Waals surface area contributed by atoms with E-state index in [0.29, 0.717) is 16.1 Å². The Morgan fingerprint density at radius 1 is 1.20 bits per heavy atom. The number of carbonyl (C=O) groups is 1. The summed E-state index contributed by atoms with van der Waals surface area (Å²) in [6, 6.07) is 10.3. The first-order chi connectivity index (χ1) is 14.5. The lowest BCUT2D eigenvalue weighted by Gasteiger charge is -2.41. The smallest absolute Gasteiger partial charge is 0.224 e. The largest absolute Gasteiger partial charge is 0.496 e. The Balaban J connectivity index is 1.91. The number of hydrogen-bond donors (Lipinski definition) is 1. The minimum atomic E-state index is -0.0333. The highest BCUT2D eigenvalue weighted by molar-refractivity contribution is 6.42. The van der Waals surface area contributed by atoms with Gasteiger partial charge in [0.25, 0.3) is 0 Å². The number of nitrogens with one attached hydrogen (secondary N) is 1. The number of ether oxygens (including phenoxy) is 1. The maximum absolute atomic E-state index is 12.3. The summed E-state index contributed by atoms with van der Waals surface area (Å²) in [5, 5.41) is 3.82. The van der Waals surface area contributed by atoms with E-state index in [0.717, 1.165) is 42.8 Å². The number of likely N-dealkylation sites (tertiary alicyclic amines) is 1. The van der Waals surface area contributed by atoms with E-state index in [2.05, 4.69) is 16.3 Å². The number of likely N-dealkylation sites (N-methyl/N-ethyl adjacent to an activating group) is 1. The molecule has 4 rings (SSSR count). The third-order valence-corrected chi connectivity index (χ3v) is 7.39. The molecule has 6 heteroatoms. The van der Waals surface area contributed by atoms with Crippen molar-refractivity contribution in [2.24, 2.45) is 0 Å². The lowest BCUT2D eigenvalue weighted by Crippen LogP contribution is -2.41. The Labute approximate surface area is 188 Å². The van der Waals surface area contributed by atoms with Gasteiger partial charge in [-0.15, -0.1) is 0 Å². The number of hydrogen-bond acceptors (Lipinski definition) is 3. The highest BCUT2D eigenvalue weighted by Crippen LogP contribution is 2.47. The molecule has 4 nitrogen and oxygen atoms in total. The maximum Gasteiger partial charge on any atom is 0.224 e. The van der Waals surface area contributed by atoms with Crippen molar-refractivity contribution in [1.82, 2.24) is 10.2 Å². The molecule has 2 atom stereocenters. The molecule has 1 fully saturated rings. The van der Waals surface area contributed by atoms with Gasteiger partial charge < -0.3 is 10.1 Å². The summed E-state index contributed by atoms with van der Waals surface area (Å²) in [7, 11) is 3.38. The van der Waals surface area contributed by atoms with Crippen LogP contribution in [0.25, 0.3) is 0 Å². The Morgan fingerprint density at radius 3 is 2.67 bits per heavy atom. The lowest BCUT2D eigenvalue weighted by molar-refractivity contribution is -0.119. The first-order valence-corrected chi connectivity index (χ1v) is 11.4. The van der Waals surface area contributed by atoms with Crippen molar-refractivity contribution in [2.45, 2.75) is 44.1 Å². The SMILES string of the molecule is CNC(=O)Cc1ccc(Cl)c(Cl)c1C1c2cccc(OC)c2CCC1N1CCCC1. The van der Waals surface area contributed by atoms with Gasteiger partial charge >= 0.3 is 0 Å². The van der Waals surface area contributed by atoms with Gasteiger partial charge in [0.15, 0.2) is 0 Å². The normalized spacial score (nSPS) is 21.3. The number of fused-ring (bicyclic) bond motifs is 1. The monoisotopic (exact) mass is 446 g/mol. The number of amides is 1. The highest BCUT2D eigenvalue weighted by atomic mass is 35.5. The summed E-state index contributed by atoms with van der Waals surface area (Å²) >= 11 is 13.4. The first kappa shape index (κ1) is 21.5. The van der Waals surface area contributed by atoms with E-state index >= 15 is 0 Å². The summed E-state index contributed by atoms with van der Waals surface area (Å²) in [4.78, 5) is 14.9. The van der Waals surface area contributed by atoms with Crippen LogP contribution >= 0.6 is 23.2 Å². The van der Waals surface area contributed by atoms with Crippen LogP contribution in [0.5, 0.6) is 5.75 Å². The van der Waals surface area contributed by atoms with Gasteiger partial charge in [-0.05, 0) is 73.2 Å². The van der Waals surface area contributed by atoms with Crippen LogP contribution in [0.1, 0.15) is 47.4 Å². The van der Waals surface area contributed by atoms with Crippen molar-refractivity contribution >= 4 is 29.1 Å². The zero-order chi connectivity index (χ0) is 21.3. The summed E-state index contributed by atoms with van der Waals surface area (Å²) in [5.41, 5.74) is 4.40. The zero-order valence-corrected chi connectivity index (χ0v) is 19.0. The minimum absolute atomic E-state index is 0.0333. The molecule has 1 amide bonds. The van der Waals surface area contributed by atoms with Crippen molar-refractivity contribution in [2.75, 3.05) is 27.2 Å². The molecule has 0 radical (unpaired) electrons. The zero-order valence-electron chi connectivity index (χ0n) is 17.5. The third kappa shape index (κ3) is 3.93. The maximum atomic E-state index is 12.3. The molecular formula is C24H28Cl2N2O2. The van der Waals surface area contributed by atoms with Crippen molar-refractivity contribution in [3.05, 3.63) is 62.6 Å². The van der Waals surface area contributed by atoms with E-state index in [9.17, 15) is 4.79 Å². The molecule has 2 aliphatic rings. The predicted molar refractivity (Wildman–Crippen MR) is 122 cm³/mol. The molecule has 1 saturated heterocycles. The Kier molecular flexibility index (Phi) is 6.57. The Morgan fingerprint density at radius 2 is 1.97 bits per heavy atom. The van der Waals surface area contributed by atoms with Crippen molar-refractivity contribution < 1.29 is 9.53 Å². The fourth-order valence-corrected chi connectivity index (χ4v) is 5.64. The first-order valence-electron chi connectivity index (χ1n) is 10.6. The van der Waals surface area contributed by atoms with Crippen LogP contribution in [0, 0.1) is 0 Å². The molecule has 0 bridgehead atoms. The van der Waals surface area contributed by atoms with Crippen molar-refractivity contribution in [3.63, 3.8) is 0 Å². The standard InChI is InChI=1S/C24H28Cl2N2O2/c1-27-21(29)14-15-8-10-18(25)24(26)22(15)23-17-6-5-7-20(30-2)16(17)9-11-19(23)28-12-3-4-13-28/h5-8,10,19,23H,3-4,9,11-14H2,1-2H3,(H,27,29). The fraction of sp³-hybridized carbons (Fsp3) is 0.458. The van der Waals surface area contributed by atoms with Crippen LogP contribution in [0.4, 0.5) is 0 Å². The molecule has 2 aromatic carbocycles. The van der Waals surface area contributed by atoms with E-state index in [1.807, 2.05) is 18.2 Å². The van der Waals surface area contributed by atoms with Gasteiger partial charge in [0, 0.05) is 19.0 Å². The number of nitrogens with zero attached hydrogens (tertiary/aromatic N) is 1. The highest BCUT2D eigenvalue weighted by Gasteiger charge is 2.39. The van der Waals surface area contributed by atoms with E-state index < -0.39 is 0 Å². The topological polar surface area (TPSA) is 41.6 Å². The van der Waals surface area contributed by atoms with Crippen LogP contribution < -0.4 is 10.1 Å². The summed E-state index contributed by atoms with van der Waals surface area (Å²) in [6.45, 7) is 2.20. The summed E-state index contributed by atoms with van der Waals surface area (Å²) in [6.07, 6.45) is 4.73. The molecule has 1 N–H and O–H groups in total. The van der Waals surface area contributed by atoms with Gasteiger partial charge in [0.2, 0.25) is 5.91 Å². The third-order valence-electron chi connectivity index (χ3n) is 6.57. The predicted octanol–water partition coefficient (Wildman–Crippen LogP) is 4.83. The van der Waals surface area contributed by atoms with Crippen molar-refractivity contribution in [3.8, 4) is 5.75 Å². The second-order valence-corrected chi connectivity index (χ2v) is 8.92. The van der Waals surface area contributed by atoms with Crippen LogP contribution in [0.15, 0.2) is 30.3 Å². The molecule has 1 aliphatic heterocycles. The molecule has 0 spiro atoms. The summed E-state index contributed by atoms with van der Waals surface area (Å²) < 4.78 is 5.69. The number of carbonyl (C=O) groups excluding carboxylic acids is 1. The van der Waals surface area contributed by atoms with Crippen LogP contribution in [0.3, 0.4) is 0 Å². The molecule has 0 saturated carbocycles. The number of methoxy groups -OCH3 is 1. The van der Waals surface area contributed by atoms with Crippen LogP contribution in [-0.2, 0) is 17.6 Å². The summed E-state index contributed by atoms with van der Waals surface area (Å²) in [5.74, 6) is 0.935. The molecule has 1 aliphatic carbocycles. The second-order valence-electron chi connectivity index (χ2n) is 8.14. The van der Waals surface area contributed by atoms with Gasteiger partial charge in [0.05, 0.1) is 23.6 Å². The molecule has 1 heterocycles. The van der Waals surface area contributed by atoms with E-state index in [-0.39, 0.29) is 18.2 Å². The number of benzene rings is 2. The van der Waals surface area contributed by atoms with Gasteiger partial charge in [-0.1, -0.05) is 41.4 Å². The van der Waals surface area contributed by atoms with Gasteiger partial charge in [0.1, 0.15) is 5.75 Å². The average Bonchev–Trinajstić information content (AvgIpc) is 3.30. The molecule has 0 aromatic heterocycles.